The third kappa shape index (κ3) is 5.47. The van der Waals surface area contributed by atoms with Gasteiger partial charge in [0, 0.05) is 6.42 Å². The Labute approximate surface area is 135 Å². The van der Waals surface area contributed by atoms with E-state index in [0.717, 1.165) is 16.7 Å². The summed E-state index contributed by atoms with van der Waals surface area (Å²) < 4.78 is 5.31. The van der Waals surface area contributed by atoms with Gasteiger partial charge < -0.3 is 15.8 Å². The Balaban J connectivity index is 2.00. The molecule has 0 saturated heterocycles. The van der Waals surface area contributed by atoms with Crippen molar-refractivity contribution in [2.75, 3.05) is 0 Å². The first kappa shape index (κ1) is 16.5. The summed E-state index contributed by atoms with van der Waals surface area (Å²) in [5, 5.41) is 2.44. The van der Waals surface area contributed by atoms with Crippen LogP contribution in [0.3, 0.4) is 0 Å². The van der Waals surface area contributed by atoms with E-state index in [-0.39, 0.29) is 6.61 Å². The van der Waals surface area contributed by atoms with E-state index in [1.165, 1.54) is 0 Å². The molecule has 2 aromatic rings. The van der Waals surface area contributed by atoms with E-state index in [2.05, 4.69) is 5.32 Å². The number of carbonyl (C=O) groups excluding carboxylic acids is 2. The van der Waals surface area contributed by atoms with Crippen LogP contribution in [-0.2, 0) is 22.6 Å². The number of hydrogen-bond donors (Lipinski definition) is 2. The first-order valence-corrected chi connectivity index (χ1v) is 7.36. The maximum Gasteiger partial charge on any atom is 0.329 e. The van der Waals surface area contributed by atoms with Gasteiger partial charge in [-0.1, -0.05) is 60.2 Å². The van der Waals surface area contributed by atoms with Crippen molar-refractivity contribution in [3.8, 4) is 0 Å². The molecule has 0 aliphatic heterocycles. The van der Waals surface area contributed by atoms with E-state index in [9.17, 15) is 9.59 Å². The van der Waals surface area contributed by atoms with E-state index >= 15 is 0 Å². The lowest BCUT2D eigenvalue weighted by molar-refractivity contribution is -0.147. The number of amides is 2. The van der Waals surface area contributed by atoms with Crippen molar-refractivity contribution in [1.29, 1.82) is 0 Å². The van der Waals surface area contributed by atoms with E-state index in [1.54, 1.807) is 0 Å². The second-order valence-electron chi connectivity index (χ2n) is 5.35. The van der Waals surface area contributed by atoms with Crippen LogP contribution >= 0.6 is 0 Å². The first-order valence-electron chi connectivity index (χ1n) is 7.36. The van der Waals surface area contributed by atoms with Crippen molar-refractivity contribution in [2.24, 2.45) is 5.73 Å². The average molecular weight is 312 g/mol. The van der Waals surface area contributed by atoms with Crippen LogP contribution in [0, 0.1) is 6.92 Å². The molecule has 5 nitrogen and oxygen atoms in total. The third-order valence-electron chi connectivity index (χ3n) is 3.35. The zero-order chi connectivity index (χ0) is 16.7. The molecule has 0 fully saturated rings. The zero-order valence-corrected chi connectivity index (χ0v) is 13.0. The van der Waals surface area contributed by atoms with Gasteiger partial charge in [0.2, 0.25) is 0 Å². The van der Waals surface area contributed by atoms with Crippen molar-refractivity contribution in [1.82, 2.24) is 5.32 Å². The number of nitrogens with one attached hydrogen (secondary N) is 1. The highest BCUT2D eigenvalue weighted by Gasteiger charge is 2.21. The molecule has 0 saturated carbocycles. The van der Waals surface area contributed by atoms with Crippen molar-refractivity contribution < 1.29 is 14.3 Å². The molecule has 0 radical (unpaired) electrons. The van der Waals surface area contributed by atoms with Crippen molar-refractivity contribution in [2.45, 2.75) is 26.0 Å². The Kier molecular flexibility index (Phi) is 5.74. The Morgan fingerprint density at radius 3 is 2.43 bits per heavy atom. The third-order valence-corrected chi connectivity index (χ3v) is 3.35. The largest absolute Gasteiger partial charge is 0.459 e. The van der Waals surface area contributed by atoms with Gasteiger partial charge in [-0.05, 0) is 18.1 Å². The number of benzene rings is 2. The van der Waals surface area contributed by atoms with Gasteiger partial charge in [-0.15, -0.1) is 0 Å². The second-order valence-corrected chi connectivity index (χ2v) is 5.35. The highest BCUT2D eigenvalue weighted by atomic mass is 16.5. The van der Waals surface area contributed by atoms with Gasteiger partial charge in [0.1, 0.15) is 12.6 Å². The fourth-order valence-electron chi connectivity index (χ4n) is 2.27. The van der Waals surface area contributed by atoms with Crippen LogP contribution in [0.25, 0.3) is 0 Å². The molecule has 5 heteroatoms. The van der Waals surface area contributed by atoms with Crippen molar-refractivity contribution in [3.63, 3.8) is 0 Å². The number of ether oxygens (including phenoxy) is 1. The molecule has 120 valence electrons. The summed E-state index contributed by atoms with van der Waals surface area (Å²) in [7, 11) is 0. The smallest absolute Gasteiger partial charge is 0.329 e. The molecular weight excluding hydrogens is 292 g/mol. The Hall–Kier alpha value is -2.82. The number of rotatable bonds is 6. The fourth-order valence-corrected chi connectivity index (χ4v) is 2.27. The first-order chi connectivity index (χ1) is 11.0. The van der Waals surface area contributed by atoms with Gasteiger partial charge in [-0.25, -0.2) is 9.59 Å². The Bertz CT molecular complexity index is 671. The van der Waals surface area contributed by atoms with Crippen molar-refractivity contribution in [3.05, 3.63) is 71.3 Å². The predicted molar refractivity (Wildman–Crippen MR) is 87.6 cm³/mol. The minimum absolute atomic E-state index is 0.159. The monoisotopic (exact) mass is 312 g/mol. The lowest BCUT2D eigenvalue weighted by atomic mass is 10.1. The average Bonchev–Trinajstić information content (AvgIpc) is 2.52. The van der Waals surface area contributed by atoms with E-state index in [1.807, 2.05) is 61.5 Å². The molecule has 0 aliphatic rings. The summed E-state index contributed by atoms with van der Waals surface area (Å²) in [5.74, 6) is -0.505. The van der Waals surface area contributed by atoms with Crippen LogP contribution in [0.1, 0.15) is 16.7 Å². The highest BCUT2D eigenvalue weighted by Crippen LogP contribution is 2.08. The molecule has 1 atom stereocenters. The lowest BCUT2D eigenvalue weighted by Gasteiger charge is -2.16. The molecule has 0 heterocycles. The molecule has 23 heavy (non-hydrogen) atoms. The molecule has 2 rings (SSSR count). The summed E-state index contributed by atoms with van der Waals surface area (Å²) in [6.45, 7) is 2.13. The molecule has 2 amide bonds. The van der Waals surface area contributed by atoms with Gasteiger partial charge in [0.25, 0.3) is 0 Å². The summed E-state index contributed by atoms with van der Waals surface area (Å²) in [5.41, 5.74) is 8.06. The molecule has 0 aromatic heterocycles. The fraction of sp³-hybridized carbons (Fsp3) is 0.222. The maximum absolute atomic E-state index is 12.2. The summed E-state index contributed by atoms with van der Waals surface area (Å²) in [6.07, 6.45) is 0.330. The summed E-state index contributed by atoms with van der Waals surface area (Å²) in [4.78, 5) is 23.4. The summed E-state index contributed by atoms with van der Waals surface area (Å²) in [6, 6.07) is 15.5. The number of esters is 1. The van der Waals surface area contributed by atoms with Gasteiger partial charge >= 0.3 is 12.0 Å². The number of aryl methyl sites for hydroxylation is 1. The maximum atomic E-state index is 12.2. The van der Waals surface area contributed by atoms with Crippen LogP contribution in [-0.4, -0.2) is 18.0 Å². The molecule has 2 aromatic carbocycles. The van der Waals surface area contributed by atoms with E-state index in [4.69, 9.17) is 10.5 Å². The standard InChI is InChI=1S/C18H20N2O3/c1-13-6-5-9-15(10-13)12-23-17(21)16(20-18(19)22)11-14-7-3-2-4-8-14/h2-10,16H,11-12H2,1H3,(H3,19,20,22)/t16-/m1/s1. The normalized spacial score (nSPS) is 11.5. The SMILES string of the molecule is Cc1cccc(COC(=O)[C@@H](Cc2ccccc2)NC(N)=O)c1. The molecular formula is C18H20N2O3. The molecule has 0 spiro atoms. The van der Waals surface area contributed by atoms with Crippen LogP contribution in [0.2, 0.25) is 0 Å². The quantitative estimate of drug-likeness (QED) is 0.803. The molecule has 0 aliphatic carbocycles. The van der Waals surface area contributed by atoms with Crippen LogP contribution < -0.4 is 11.1 Å². The zero-order valence-electron chi connectivity index (χ0n) is 13.0. The van der Waals surface area contributed by atoms with E-state index in [0.29, 0.717) is 6.42 Å². The van der Waals surface area contributed by atoms with E-state index < -0.39 is 18.0 Å². The number of hydrogen-bond acceptors (Lipinski definition) is 3. The number of nitrogens with two attached hydrogens (primary N) is 1. The predicted octanol–water partition coefficient (Wildman–Crippen LogP) is 2.32. The topological polar surface area (TPSA) is 81.4 Å². The molecule has 0 unspecified atom stereocenters. The highest BCUT2D eigenvalue weighted by molar-refractivity contribution is 5.83. The van der Waals surface area contributed by atoms with Gasteiger partial charge in [0.15, 0.2) is 0 Å². The summed E-state index contributed by atoms with van der Waals surface area (Å²) >= 11 is 0. The minimum Gasteiger partial charge on any atom is -0.459 e. The lowest BCUT2D eigenvalue weighted by Crippen LogP contribution is -2.45. The van der Waals surface area contributed by atoms with Crippen LogP contribution in [0.4, 0.5) is 4.79 Å². The van der Waals surface area contributed by atoms with Crippen molar-refractivity contribution >= 4 is 12.0 Å². The van der Waals surface area contributed by atoms with Crippen LogP contribution in [0.15, 0.2) is 54.6 Å². The minimum atomic E-state index is -0.806. The number of urea groups is 1. The van der Waals surface area contributed by atoms with Gasteiger partial charge in [-0.2, -0.15) is 0 Å². The van der Waals surface area contributed by atoms with Crippen LogP contribution in [0.5, 0.6) is 0 Å². The Morgan fingerprint density at radius 1 is 1.09 bits per heavy atom. The number of carbonyl (C=O) groups is 2. The molecule has 0 bridgehead atoms. The Morgan fingerprint density at radius 2 is 1.78 bits per heavy atom. The molecule has 3 N–H and O–H groups in total. The number of primary amides is 1. The second kappa shape index (κ2) is 7.98. The van der Waals surface area contributed by atoms with Gasteiger partial charge in [-0.3, -0.25) is 0 Å². The van der Waals surface area contributed by atoms with Gasteiger partial charge in [0.05, 0.1) is 0 Å².